The number of hydrogen-bond acceptors (Lipinski definition) is 5. The van der Waals surface area contributed by atoms with Crippen molar-refractivity contribution in [2.45, 2.75) is 6.04 Å². The van der Waals surface area contributed by atoms with E-state index in [2.05, 4.69) is 10.2 Å². The number of hydrogen-bond donors (Lipinski definition) is 1. The number of rotatable bonds is 9. The molecule has 2 aromatic carbocycles. The summed E-state index contributed by atoms with van der Waals surface area (Å²) in [4.78, 5) is 26.9. The number of amides is 1. The molecular formula is C22H24Cl2N2O3S. The van der Waals surface area contributed by atoms with Gasteiger partial charge in [-0.1, -0.05) is 41.4 Å². The molecule has 1 atom stereocenters. The average molecular weight is 467 g/mol. The zero-order valence-electron chi connectivity index (χ0n) is 16.5. The van der Waals surface area contributed by atoms with E-state index in [1.165, 1.54) is 11.8 Å². The maximum absolute atomic E-state index is 12.4. The van der Waals surface area contributed by atoms with Crippen molar-refractivity contribution in [1.82, 2.24) is 10.2 Å². The number of carbonyl (C=O) groups excluding carboxylic acids is 2. The quantitative estimate of drug-likeness (QED) is 0.563. The highest BCUT2D eigenvalue weighted by molar-refractivity contribution is 8.00. The van der Waals surface area contributed by atoms with Gasteiger partial charge in [0.2, 0.25) is 5.91 Å². The fourth-order valence-electron chi connectivity index (χ4n) is 3.29. The van der Waals surface area contributed by atoms with Crippen LogP contribution in [0.3, 0.4) is 0 Å². The van der Waals surface area contributed by atoms with Crippen molar-refractivity contribution >= 4 is 46.7 Å². The number of thioether (sulfide) groups is 1. The first-order valence-corrected chi connectivity index (χ1v) is 11.6. The van der Waals surface area contributed by atoms with Gasteiger partial charge in [0.1, 0.15) is 0 Å². The Kier molecular flexibility index (Phi) is 9.03. The number of nitrogens with one attached hydrogen (secondary N) is 1. The normalized spacial score (nSPS) is 15.5. The van der Waals surface area contributed by atoms with Crippen molar-refractivity contribution in [1.29, 1.82) is 0 Å². The van der Waals surface area contributed by atoms with E-state index < -0.39 is 0 Å². The van der Waals surface area contributed by atoms with Gasteiger partial charge in [0.05, 0.1) is 30.8 Å². The molecule has 30 heavy (non-hydrogen) atoms. The third kappa shape index (κ3) is 6.72. The SMILES string of the molecule is O=C(CSCC(=O)c1ccc(Cl)cc1)NCC(c1ccccc1Cl)N1CCOCC1. The standard InChI is InChI=1S/C22H24Cl2N2O3S/c23-17-7-5-16(6-8-17)21(27)14-30-15-22(28)25-13-20(26-9-11-29-12-10-26)18-3-1-2-4-19(18)24/h1-8,20H,9-15H2,(H,25,28). The molecule has 5 nitrogen and oxygen atoms in total. The van der Waals surface area contributed by atoms with Gasteiger partial charge in [-0.3, -0.25) is 14.5 Å². The Morgan fingerprint density at radius 1 is 1.03 bits per heavy atom. The first kappa shape index (κ1) is 23.1. The largest absolute Gasteiger partial charge is 0.379 e. The van der Waals surface area contributed by atoms with Crippen LogP contribution in [0.5, 0.6) is 0 Å². The lowest BCUT2D eigenvalue weighted by Crippen LogP contribution is -2.44. The van der Waals surface area contributed by atoms with Crippen molar-refractivity contribution in [2.75, 3.05) is 44.4 Å². The van der Waals surface area contributed by atoms with Crippen LogP contribution in [0.4, 0.5) is 0 Å². The van der Waals surface area contributed by atoms with Crippen LogP contribution in [-0.4, -0.2) is 60.9 Å². The lowest BCUT2D eigenvalue weighted by molar-refractivity contribution is -0.118. The zero-order valence-corrected chi connectivity index (χ0v) is 18.8. The van der Waals surface area contributed by atoms with Gasteiger partial charge in [0, 0.05) is 35.2 Å². The molecule has 160 valence electrons. The predicted octanol–water partition coefficient (Wildman–Crippen LogP) is 4.10. The van der Waals surface area contributed by atoms with Crippen molar-refractivity contribution in [3.8, 4) is 0 Å². The molecule has 2 aromatic rings. The van der Waals surface area contributed by atoms with E-state index in [0.717, 1.165) is 18.7 Å². The second-order valence-corrected chi connectivity index (χ2v) is 8.74. The molecule has 0 bridgehead atoms. The minimum atomic E-state index is -0.103. The van der Waals surface area contributed by atoms with Gasteiger partial charge in [-0.25, -0.2) is 0 Å². The van der Waals surface area contributed by atoms with Crippen LogP contribution >= 0.6 is 35.0 Å². The Morgan fingerprint density at radius 3 is 2.43 bits per heavy atom. The van der Waals surface area contributed by atoms with E-state index >= 15 is 0 Å². The van der Waals surface area contributed by atoms with Crippen LogP contribution in [0.2, 0.25) is 10.0 Å². The van der Waals surface area contributed by atoms with Gasteiger partial charge in [0.15, 0.2) is 5.78 Å². The molecule has 0 aromatic heterocycles. The Labute approximate surface area is 191 Å². The summed E-state index contributed by atoms with van der Waals surface area (Å²) in [6.45, 7) is 3.36. The summed E-state index contributed by atoms with van der Waals surface area (Å²) < 4.78 is 5.46. The number of carbonyl (C=O) groups is 2. The maximum Gasteiger partial charge on any atom is 0.230 e. The second-order valence-electron chi connectivity index (χ2n) is 6.91. The third-order valence-corrected chi connectivity index (χ3v) is 6.40. The van der Waals surface area contributed by atoms with Gasteiger partial charge in [0.25, 0.3) is 0 Å². The van der Waals surface area contributed by atoms with Crippen molar-refractivity contribution in [3.63, 3.8) is 0 Å². The summed E-state index contributed by atoms with van der Waals surface area (Å²) in [7, 11) is 0. The van der Waals surface area contributed by atoms with Gasteiger partial charge >= 0.3 is 0 Å². The van der Waals surface area contributed by atoms with E-state index in [-0.39, 0.29) is 29.2 Å². The molecule has 1 heterocycles. The zero-order chi connectivity index (χ0) is 21.3. The molecule has 3 rings (SSSR count). The number of ether oxygens (including phenoxy) is 1. The number of nitrogens with zero attached hydrogens (tertiary/aromatic N) is 1. The fraction of sp³-hybridized carbons (Fsp3) is 0.364. The summed E-state index contributed by atoms with van der Waals surface area (Å²) in [5, 5.41) is 4.27. The van der Waals surface area contributed by atoms with Crippen LogP contribution in [0, 0.1) is 0 Å². The van der Waals surface area contributed by atoms with Gasteiger partial charge in [-0.05, 0) is 35.9 Å². The lowest BCUT2D eigenvalue weighted by atomic mass is 10.0. The van der Waals surface area contributed by atoms with Crippen LogP contribution in [-0.2, 0) is 9.53 Å². The number of ketones is 1. The van der Waals surface area contributed by atoms with E-state index in [4.69, 9.17) is 27.9 Å². The average Bonchev–Trinajstić information content (AvgIpc) is 2.76. The van der Waals surface area contributed by atoms with E-state index in [0.29, 0.717) is 35.4 Å². The molecule has 1 aliphatic rings. The molecule has 1 N–H and O–H groups in total. The smallest absolute Gasteiger partial charge is 0.230 e. The van der Waals surface area contributed by atoms with Crippen LogP contribution in [0.15, 0.2) is 48.5 Å². The van der Waals surface area contributed by atoms with Crippen LogP contribution < -0.4 is 5.32 Å². The van der Waals surface area contributed by atoms with E-state index in [1.54, 1.807) is 24.3 Å². The first-order valence-electron chi connectivity index (χ1n) is 9.74. The highest BCUT2D eigenvalue weighted by atomic mass is 35.5. The summed E-state index contributed by atoms with van der Waals surface area (Å²) in [6, 6.07) is 14.5. The molecule has 0 aliphatic carbocycles. The predicted molar refractivity (Wildman–Crippen MR) is 123 cm³/mol. The molecular weight excluding hydrogens is 443 g/mol. The number of halogens is 2. The molecule has 0 radical (unpaired) electrons. The van der Waals surface area contributed by atoms with E-state index in [1.807, 2.05) is 24.3 Å². The number of benzene rings is 2. The molecule has 1 aliphatic heterocycles. The summed E-state index contributed by atoms with van der Waals surface area (Å²) in [6.07, 6.45) is 0. The highest BCUT2D eigenvalue weighted by Crippen LogP contribution is 2.27. The Hall–Kier alpha value is -1.57. The van der Waals surface area contributed by atoms with Crippen LogP contribution in [0.1, 0.15) is 22.0 Å². The number of morpholine rings is 1. The van der Waals surface area contributed by atoms with Gasteiger partial charge in [-0.15, -0.1) is 11.8 Å². The van der Waals surface area contributed by atoms with Crippen molar-refractivity contribution in [3.05, 3.63) is 69.7 Å². The third-order valence-electron chi connectivity index (χ3n) is 4.88. The Bertz CT molecular complexity index is 858. The minimum absolute atomic E-state index is 0.0211. The molecule has 0 saturated carbocycles. The minimum Gasteiger partial charge on any atom is -0.379 e. The maximum atomic E-state index is 12.4. The van der Waals surface area contributed by atoms with Gasteiger partial charge < -0.3 is 10.1 Å². The fourth-order valence-corrected chi connectivity index (χ4v) is 4.42. The summed E-state index contributed by atoms with van der Waals surface area (Å²) in [5.74, 6) is 0.338. The summed E-state index contributed by atoms with van der Waals surface area (Å²) >= 11 is 13.6. The Balaban J connectivity index is 1.51. The van der Waals surface area contributed by atoms with Crippen molar-refractivity contribution in [2.24, 2.45) is 0 Å². The van der Waals surface area contributed by atoms with E-state index in [9.17, 15) is 9.59 Å². The van der Waals surface area contributed by atoms with Crippen LogP contribution in [0.25, 0.3) is 0 Å². The molecule has 1 fully saturated rings. The van der Waals surface area contributed by atoms with Gasteiger partial charge in [-0.2, -0.15) is 0 Å². The second kappa shape index (κ2) is 11.7. The number of Topliss-reactive ketones (excluding diaryl/α,β-unsaturated/α-hetero) is 1. The molecule has 8 heteroatoms. The monoisotopic (exact) mass is 466 g/mol. The molecule has 1 saturated heterocycles. The molecule has 1 unspecified atom stereocenters. The lowest BCUT2D eigenvalue weighted by Gasteiger charge is -2.35. The summed E-state index contributed by atoms with van der Waals surface area (Å²) in [5.41, 5.74) is 1.59. The Morgan fingerprint density at radius 2 is 1.73 bits per heavy atom. The highest BCUT2D eigenvalue weighted by Gasteiger charge is 2.24. The topological polar surface area (TPSA) is 58.6 Å². The molecule has 1 amide bonds. The molecule has 0 spiro atoms. The van der Waals surface area contributed by atoms with Crippen molar-refractivity contribution < 1.29 is 14.3 Å². The first-order chi connectivity index (χ1) is 14.5.